The van der Waals surface area contributed by atoms with Gasteiger partial charge in [-0.15, -0.1) is 5.10 Å². The third-order valence-corrected chi connectivity index (χ3v) is 3.12. The van der Waals surface area contributed by atoms with Crippen molar-refractivity contribution in [3.63, 3.8) is 0 Å². The number of nitrogens with zero attached hydrogens (tertiary/aromatic N) is 3. The van der Waals surface area contributed by atoms with Crippen molar-refractivity contribution in [2.75, 3.05) is 6.54 Å². The summed E-state index contributed by atoms with van der Waals surface area (Å²) in [5.74, 6) is -1.01. The minimum atomic E-state index is -0.862. The third kappa shape index (κ3) is 2.00. The van der Waals surface area contributed by atoms with E-state index in [1.54, 1.807) is 13.8 Å². The van der Waals surface area contributed by atoms with Crippen molar-refractivity contribution in [1.82, 2.24) is 20.1 Å². The second-order valence-electron chi connectivity index (χ2n) is 4.22. The van der Waals surface area contributed by atoms with Crippen LogP contribution in [0, 0.1) is 12.8 Å². The molecule has 2 unspecified atom stereocenters. The maximum Gasteiger partial charge on any atom is 0.308 e. The second-order valence-corrected chi connectivity index (χ2v) is 4.22. The van der Waals surface area contributed by atoms with E-state index in [1.807, 2.05) is 0 Å². The van der Waals surface area contributed by atoms with Gasteiger partial charge in [0.15, 0.2) is 0 Å². The number of hydrogen-bond donors (Lipinski definition) is 2. The van der Waals surface area contributed by atoms with E-state index in [9.17, 15) is 9.59 Å². The summed E-state index contributed by atoms with van der Waals surface area (Å²) in [6.45, 7) is 3.88. The summed E-state index contributed by atoms with van der Waals surface area (Å²) in [6, 6.07) is -0.321. The van der Waals surface area contributed by atoms with Crippen molar-refractivity contribution in [2.45, 2.75) is 26.3 Å². The van der Waals surface area contributed by atoms with E-state index in [4.69, 9.17) is 5.11 Å². The van der Waals surface area contributed by atoms with Gasteiger partial charge in [0.25, 0.3) is 5.91 Å². The van der Waals surface area contributed by atoms with Gasteiger partial charge in [0.1, 0.15) is 5.82 Å². The number of aryl methyl sites for hydroxylation is 1. The fourth-order valence-corrected chi connectivity index (χ4v) is 2.12. The molecule has 1 aliphatic heterocycles. The van der Waals surface area contributed by atoms with Crippen molar-refractivity contribution >= 4 is 11.9 Å². The Balaban J connectivity index is 2.14. The molecule has 0 spiro atoms. The third-order valence-electron chi connectivity index (χ3n) is 3.12. The van der Waals surface area contributed by atoms with Crippen LogP contribution in [0.2, 0.25) is 0 Å². The van der Waals surface area contributed by atoms with Gasteiger partial charge in [-0.3, -0.25) is 14.7 Å². The zero-order chi connectivity index (χ0) is 12.6. The van der Waals surface area contributed by atoms with Crippen molar-refractivity contribution < 1.29 is 14.7 Å². The number of carboxylic acid groups (broad SMARTS) is 1. The molecule has 92 valence electrons. The molecule has 1 fully saturated rings. The van der Waals surface area contributed by atoms with Crippen LogP contribution in [0.5, 0.6) is 0 Å². The number of carboxylic acids is 1. The first-order chi connectivity index (χ1) is 8.00. The molecule has 1 aliphatic rings. The summed E-state index contributed by atoms with van der Waals surface area (Å²) in [7, 11) is 0. The normalized spacial score (nSPS) is 24.0. The Kier molecular flexibility index (Phi) is 2.83. The number of hydrogen-bond acceptors (Lipinski definition) is 4. The first-order valence-corrected chi connectivity index (χ1v) is 5.43. The fraction of sp³-hybridized carbons (Fsp3) is 0.600. The lowest BCUT2D eigenvalue weighted by Gasteiger charge is -2.21. The van der Waals surface area contributed by atoms with Crippen LogP contribution in [-0.2, 0) is 4.79 Å². The number of aromatic nitrogens is 3. The number of nitrogens with one attached hydrogen (secondary N) is 1. The SMILES string of the molecule is Cc1nc(C(=O)N2CCC(C(=O)O)C2C)n[nH]1. The van der Waals surface area contributed by atoms with Crippen LogP contribution in [0.1, 0.15) is 29.8 Å². The van der Waals surface area contributed by atoms with Gasteiger partial charge in [-0.25, -0.2) is 4.98 Å². The van der Waals surface area contributed by atoms with Gasteiger partial charge in [-0.05, 0) is 20.3 Å². The Labute approximate surface area is 97.8 Å². The number of aliphatic carboxylic acids is 1. The quantitative estimate of drug-likeness (QED) is 0.758. The van der Waals surface area contributed by atoms with E-state index >= 15 is 0 Å². The molecular weight excluding hydrogens is 224 g/mol. The molecule has 1 aromatic heterocycles. The molecule has 7 nitrogen and oxygen atoms in total. The van der Waals surface area contributed by atoms with E-state index in [1.165, 1.54) is 4.90 Å². The number of likely N-dealkylation sites (tertiary alicyclic amines) is 1. The first-order valence-electron chi connectivity index (χ1n) is 5.43. The average molecular weight is 238 g/mol. The second kappa shape index (κ2) is 4.15. The summed E-state index contributed by atoms with van der Waals surface area (Å²) >= 11 is 0. The van der Waals surface area contributed by atoms with E-state index in [-0.39, 0.29) is 17.8 Å². The van der Waals surface area contributed by atoms with E-state index in [2.05, 4.69) is 15.2 Å². The zero-order valence-corrected chi connectivity index (χ0v) is 9.67. The lowest BCUT2D eigenvalue weighted by molar-refractivity contribution is -0.142. The predicted molar refractivity (Wildman–Crippen MR) is 57.4 cm³/mol. The number of rotatable bonds is 2. The van der Waals surface area contributed by atoms with Crippen LogP contribution in [-0.4, -0.2) is 49.7 Å². The van der Waals surface area contributed by atoms with Crippen molar-refractivity contribution in [3.8, 4) is 0 Å². The van der Waals surface area contributed by atoms with Gasteiger partial charge in [-0.1, -0.05) is 0 Å². The summed E-state index contributed by atoms with van der Waals surface area (Å²) in [5, 5.41) is 15.4. The highest BCUT2D eigenvalue weighted by Crippen LogP contribution is 2.25. The summed E-state index contributed by atoms with van der Waals surface area (Å²) in [5.41, 5.74) is 0. The molecular formula is C10H14N4O3. The highest BCUT2D eigenvalue weighted by Gasteiger charge is 2.39. The van der Waals surface area contributed by atoms with Gasteiger partial charge in [-0.2, -0.15) is 0 Å². The Morgan fingerprint density at radius 2 is 2.24 bits per heavy atom. The molecule has 0 aromatic carbocycles. The van der Waals surface area contributed by atoms with Crippen molar-refractivity contribution in [2.24, 2.45) is 5.92 Å². The topological polar surface area (TPSA) is 99.2 Å². The predicted octanol–water partition coefficient (Wildman–Crippen LogP) is 0.0483. The first kappa shape index (κ1) is 11.6. The highest BCUT2D eigenvalue weighted by atomic mass is 16.4. The van der Waals surface area contributed by atoms with Crippen LogP contribution in [0.4, 0.5) is 0 Å². The summed E-state index contributed by atoms with van der Waals surface area (Å²) in [6.07, 6.45) is 0.478. The Hall–Kier alpha value is -1.92. The maximum absolute atomic E-state index is 12.0. The molecule has 2 N–H and O–H groups in total. The fourth-order valence-electron chi connectivity index (χ4n) is 2.12. The van der Waals surface area contributed by atoms with Crippen LogP contribution in [0.25, 0.3) is 0 Å². The number of carbonyl (C=O) groups excluding carboxylic acids is 1. The molecule has 0 aliphatic carbocycles. The number of carbonyl (C=O) groups is 2. The van der Waals surface area contributed by atoms with Crippen LogP contribution < -0.4 is 0 Å². The number of H-pyrrole nitrogens is 1. The molecule has 2 heterocycles. The summed E-state index contributed by atoms with van der Waals surface area (Å²) < 4.78 is 0. The lowest BCUT2D eigenvalue weighted by Crippen LogP contribution is -2.38. The maximum atomic E-state index is 12.0. The molecule has 1 aromatic rings. The van der Waals surface area contributed by atoms with Crippen LogP contribution >= 0.6 is 0 Å². The molecule has 7 heteroatoms. The van der Waals surface area contributed by atoms with E-state index < -0.39 is 11.9 Å². The van der Waals surface area contributed by atoms with Gasteiger partial charge >= 0.3 is 5.97 Å². The van der Waals surface area contributed by atoms with Gasteiger partial charge < -0.3 is 10.0 Å². The molecule has 1 amide bonds. The van der Waals surface area contributed by atoms with Gasteiger partial charge in [0.05, 0.1) is 5.92 Å². The van der Waals surface area contributed by atoms with E-state index in [0.29, 0.717) is 18.8 Å². The Morgan fingerprint density at radius 1 is 1.53 bits per heavy atom. The lowest BCUT2D eigenvalue weighted by atomic mass is 10.0. The Morgan fingerprint density at radius 3 is 2.71 bits per heavy atom. The van der Waals surface area contributed by atoms with Crippen LogP contribution in [0.15, 0.2) is 0 Å². The minimum absolute atomic E-state index is 0.0976. The highest BCUT2D eigenvalue weighted by molar-refractivity contribution is 5.91. The largest absolute Gasteiger partial charge is 0.481 e. The number of aromatic amines is 1. The molecule has 0 saturated carbocycles. The zero-order valence-electron chi connectivity index (χ0n) is 9.67. The monoisotopic (exact) mass is 238 g/mol. The van der Waals surface area contributed by atoms with Gasteiger partial charge in [0.2, 0.25) is 5.82 Å². The molecule has 2 atom stereocenters. The molecule has 0 bridgehead atoms. The molecule has 0 radical (unpaired) electrons. The molecule has 17 heavy (non-hydrogen) atoms. The summed E-state index contributed by atoms with van der Waals surface area (Å²) in [4.78, 5) is 28.4. The van der Waals surface area contributed by atoms with E-state index in [0.717, 1.165) is 0 Å². The molecule has 1 saturated heterocycles. The standard InChI is InChI=1S/C10H14N4O3/c1-5-7(10(16)17)3-4-14(5)9(15)8-11-6(2)12-13-8/h5,7H,3-4H2,1-2H3,(H,16,17)(H,11,12,13). The average Bonchev–Trinajstić information content (AvgIpc) is 2.83. The van der Waals surface area contributed by atoms with Gasteiger partial charge in [0, 0.05) is 12.6 Å². The Bertz CT molecular complexity index is 456. The van der Waals surface area contributed by atoms with Crippen molar-refractivity contribution in [1.29, 1.82) is 0 Å². The smallest absolute Gasteiger partial charge is 0.308 e. The van der Waals surface area contributed by atoms with Crippen molar-refractivity contribution in [3.05, 3.63) is 11.6 Å². The minimum Gasteiger partial charge on any atom is -0.481 e. The van der Waals surface area contributed by atoms with Crippen LogP contribution in [0.3, 0.4) is 0 Å². The molecule has 2 rings (SSSR count). The number of amides is 1.